The molecule has 0 bridgehead atoms. The molecular weight excluding hydrogens is 346 g/mol. The molecule has 4 aliphatic rings. The summed E-state index contributed by atoms with van der Waals surface area (Å²) in [5.74, 6) is 0.201. The molecule has 1 saturated carbocycles. The van der Waals surface area contributed by atoms with Crippen molar-refractivity contribution in [3.05, 3.63) is 17.7 Å². The van der Waals surface area contributed by atoms with Crippen LogP contribution in [-0.4, -0.2) is 63.7 Å². The summed E-state index contributed by atoms with van der Waals surface area (Å²) in [6, 6.07) is 0. The highest BCUT2D eigenvalue weighted by Crippen LogP contribution is 2.45. The van der Waals surface area contributed by atoms with Crippen molar-refractivity contribution in [3.8, 4) is 0 Å². The van der Waals surface area contributed by atoms with Crippen LogP contribution in [0.25, 0.3) is 0 Å². The molecule has 1 aromatic rings. The zero-order valence-corrected chi connectivity index (χ0v) is 15.4. The highest BCUT2D eigenvalue weighted by Gasteiger charge is 2.51. The van der Waals surface area contributed by atoms with E-state index >= 15 is 0 Å². The number of fused-ring (bicyclic) bond motifs is 2. The van der Waals surface area contributed by atoms with E-state index in [-0.39, 0.29) is 36.0 Å². The van der Waals surface area contributed by atoms with Crippen LogP contribution in [0.4, 0.5) is 0 Å². The molecule has 5 rings (SSSR count). The minimum Gasteiger partial charge on any atom is -0.355 e. The lowest BCUT2D eigenvalue weighted by atomic mass is 9.78. The van der Waals surface area contributed by atoms with Crippen LogP contribution < -0.4 is 5.32 Å². The standard InChI is InChI=1S/C19H25N5O3/c25-15-9-13(10-20-15)17(26)23-7-4-19(5-8-23)16-14(21-11-22-16)3-6-24(19)18(27)12-1-2-12/h11-13H,1-10H2,(H,20,25)(H,21,22)/t13-/m0/s1. The number of piperidine rings is 1. The lowest BCUT2D eigenvalue weighted by Gasteiger charge is -2.50. The largest absolute Gasteiger partial charge is 0.355 e. The summed E-state index contributed by atoms with van der Waals surface area (Å²) in [5.41, 5.74) is 1.72. The van der Waals surface area contributed by atoms with Gasteiger partial charge in [-0.25, -0.2) is 4.98 Å². The summed E-state index contributed by atoms with van der Waals surface area (Å²) in [7, 11) is 0. The van der Waals surface area contributed by atoms with E-state index in [4.69, 9.17) is 0 Å². The van der Waals surface area contributed by atoms with Gasteiger partial charge >= 0.3 is 0 Å². The molecule has 0 unspecified atom stereocenters. The fourth-order valence-corrected chi connectivity index (χ4v) is 4.99. The summed E-state index contributed by atoms with van der Waals surface area (Å²) >= 11 is 0. The molecule has 4 heterocycles. The predicted octanol–water partition coefficient (Wildman–Crippen LogP) is 0.158. The van der Waals surface area contributed by atoms with Gasteiger partial charge in [0.1, 0.15) is 0 Å². The highest BCUT2D eigenvalue weighted by atomic mass is 16.2. The molecular formula is C19H25N5O3. The SMILES string of the molecule is O=C1C[C@H](C(=O)N2CCC3(CC2)c2nc[nH]c2CCN3C(=O)C2CC2)CN1. The van der Waals surface area contributed by atoms with Crippen molar-refractivity contribution in [2.75, 3.05) is 26.2 Å². The molecule has 8 heteroatoms. The number of rotatable bonds is 2. The van der Waals surface area contributed by atoms with Crippen LogP contribution in [0.15, 0.2) is 6.33 Å². The number of aromatic amines is 1. The molecule has 1 aromatic heterocycles. The third-order valence-electron chi connectivity index (χ3n) is 6.68. The average molecular weight is 371 g/mol. The number of hydrogen-bond donors (Lipinski definition) is 2. The first kappa shape index (κ1) is 16.8. The molecule has 1 aliphatic carbocycles. The van der Waals surface area contributed by atoms with Crippen LogP contribution >= 0.6 is 0 Å². The Morgan fingerprint density at radius 1 is 1.11 bits per heavy atom. The number of aromatic nitrogens is 2. The number of likely N-dealkylation sites (tertiary alicyclic amines) is 1. The zero-order valence-electron chi connectivity index (χ0n) is 15.4. The number of carbonyl (C=O) groups is 3. The fraction of sp³-hybridized carbons (Fsp3) is 0.684. The van der Waals surface area contributed by atoms with Gasteiger partial charge in [-0.15, -0.1) is 0 Å². The lowest BCUT2D eigenvalue weighted by molar-refractivity contribution is -0.147. The topological polar surface area (TPSA) is 98.4 Å². The summed E-state index contributed by atoms with van der Waals surface area (Å²) in [4.78, 5) is 49.0. The summed E-state index contributed by atoms with van der Waals surface area (Å²) in [6.45, 7) is 2.36. The average Bonchev–Trinajstić information content (AvgIpc) is 3.25. The van der Waals surface area contributed by atoms with Crippen molar-refractivity contribution in [1.29, 1.82) is 0 Å². The Labute approximate surface area is 157 Å². The summed E-state index contributed by atoms with van der Waals surface area (Å²) < 4.78 is 0. The Kier molecular flexibility index (Phi) is 3.77. The number of imidazole rings is 1. The molecule has 144 valence electrons. The maximum Gasteiger partial charge on any atom is 0.227 e. The number of nitrogens with zero attached hydrogens (tertiary/aromatic N) is 3. The van der Waals surface area contributed by atoms with Gasteiger partial charge in [0.05, 0.1) is 23.5 Å². The molecule has 27 heavy (non-hydrogen) atoms. The molecule has 8 nitrogen and oxygen atoms in total. The number of nitrogens with one attached hydrogen (secondary N) is 2. The van der Waals surface area contributed by atoms with E-state index in [9.17, 15) is 14.4 Å². The molecule has 0 radical (unpaired) electrons. The van der Waals surface area contributed by atoms with E-state index < -0.39 is 5.54 Å². The van der Waals surface area contributed by atoms with Gasteiger partial charge in [-0.1, -0.05) is 0 Å². The van der Waals surface area contributed by atoms with Gasteiger partial charge in [-0.2, -0.15) is 0 Å². The molecule has 2 N–H and O–H groups in total. The van der Waals surface area contributed by atoms with Crippen molar-refractivity contribution in [2.24, 2.45) is 11.8 Å². The van der Waals surface area contributed by atoms with Gasteiger partial charge in [0.2, 0.25) is 17.7 Å². The molecule has 1 spiro atoms. The van der Waals surface area contributed by atoms with Gasteiger partial charge < -0.3 is 20.1 Å². The highest BCUT2D eigenvalue weighted by molar-refractivity contribution is 5.89. The van der Waals surface area contributed by atoms with E-state index in [0.717, 1.165) is 37.2 Å². The van der Waals surface area contributed by atoms with E-state index in [1.165, 1.54) is 0 Å². The van der Waals surface area contributed by atoms with Crippen LogP contribution in [0.2, 0.25) is 0 Å². The maximum absolute atomic E-state index is 13.0. The van der Waals surface area contributed by atoms with Crippen molar-refractivity contribution in [1.82, 2.24) is 25.1 Å². The van der Waals surface area contributed by atoms with E-state index in [2.05, 4.69) is 20.2 Å². The molecule has 3 amide bonds. The number of hydrogen-bond acceptors (Lipinski definition) is 4. The van der Waals surface area contributed by atoms with Crippen molar-refractivity contribution < 1.29 is 14.4 Å². The third-order valence-corrected chi connectivity index (χ3v) is 6.68. The van der Waals surface area contributed by atoms with E-state index in [1.54, 1.807) is 6.33 Å². The first-order chi connectivity index (χ1) is 13.1. The van der Waals surface area contributed by atoms with Crippen LogP contribution in [-0.2, 0) is 26.3 Å². The number of amides is 3. The Hall–Kier alpha value is -2.38. The Morgan fingerprint density at radius 3 is 2.56 bits per heavy atom. The maximum atomic E-state index is 13.0. The zero-order chi connectivity index (χ0) is 18.6. The molecule has 0 aromatic carbocycles. The molecule has 1 atom stereocenters. The minimum atomic E-state index is -0.395. The van der Waals surface area contributed by atoms with Crippen LogP contribution in [0, 0.1) is 11.8 Å². The minimum absolute atomic E-state index is 0.0449. The first-order valence-electron chi connectivity index (χ1n) is 9.98. The van der Waals surface area contributed by atoms with E-state index in [0.29, 0.717) is 32.5 Å². The quantitative estimate of drug-likeness (QED) is 0.774. The fourth-order valence-electron chi connectivity index (χ4n) is 4.99. The van der Waals surface area contributed by atoms with Crippen LogP contribution in [0.5, 0.6) is 0 Å². The molecule has 3 fully saturated rings. The Balaban J connectivity index is 1.37. The van der Waals surface area contributed by atoms with Gasteiger partial charge in [-0.05, 0) is 25.7 Å². The second-order valence-corrected chi connectivity index (χ2v) is 8.31. The van der Waals surface area contributed by atoms with Crippen molar-refractivity contribution in [2.45, 2.75) is 44.1 Å². The molecule has 3 aliphatic heterocycles. The summed E-state index contributed by atoms with van der Waals surface area (Å²) in [5, 5.41) is 2.74. The predicted molar refractivity (Wildman–Crippen MR) is 95.3 cm³/mol. The van der Waals surface area contributed by atoms with Crippen LogP contribution in [0.3, 0.4) is 0 Å². The van der Waals surface area contributed by atoms with Gasteiger partial charge in [0, 0.05) is 50.6 Å². The first-order valence-corrected chi connectivity index (χ1v) is 9.98. The van der Waals surface area contributed by atoms with Crippen molar-refractivity contribution >= 4 is 17.7 Å². The lowest BCUT2D eigenvalue weighted by Crippen LogP contribution is -2.59. The smallest absolute Gasteiger partial charge is 0.227 e. The Bertz CT molecular complexity index is 791. The second kappa shape index (κ2) is 6.07. The second-order valence-electron chi connectivity index (χ2n) is 8.31. The van der Waals surface area contributed by atoms with Gasteiger partial charge in [-0.3, -0.25) is 14.4 Å². The normalized spacial score (nSPS) is 26.8. The van der Waals surface area contributed by atoms with Crippen molar-refractivity contribution in [3.63, 3.8) is 0 Å². The monoisotopic (exact) mass is 371 g/mol. The van der Waals surface area contributed by atoms with Gasteiger partial charge in [0.25, 0.3) is 0 Å². The van der Waals surface area contributed by atoms with Gasteiger partial charge in [0.15, 0.2) is 0 Å². The van der Waals surface area contributed by atoms with Crippen LogP contribution in [0.1, 0.15) is 43.5 Å². The Morgan fingerprint density at radius 2 is 1.89 bits per heavy atom. The molecule has 2 saturated heterocycles. The number of carbonyl (C=O) groups excluding carboxylic acids is 3. The van der Waals surface area contributed by atoms with E-state index in [1.807, 2.05) is 4.90 Å². The number of H-pyrrole nitrogens is 1. The summed E-state index contributed by atoms with van der Waals surface area (Å²) in [6.07, 6.45) is 6.24. The third kappa shape index (κ3) is 2.64.